The van der Waals surface area contributed by atoms with Gasteiger partial charge in [0.15, 0.2) is 5.76 Å². The summed E-state index contributed by atoms with van der Waals surface area (Å²) in [6.45, 7) is 0.283. The van der Waals surface area contributed by atoms with Gasteiger partial charge < -0.3 is 4.42 Å². The van der Waals surface area contributed by atoms with Crippen LogP contribution in [-0.4, -0.2) is 14.5 Å². The van der Waals surface area contributed by atoms with Crippen LogP contribution in [0.3, 0.4) is 0 Å². The maximum atomic E-state index is 12.3. The Labute approximate surface area is 127 Å². The summed E-state index contributed by atoms with van der Waals surface area (Å²) in [6.07, 6.45) is 3.22. The molecule has 0 fully saturated rings. The van der Waals surface area contributed by atoms with Crippen molar-refractivity contribution in [2.45, 2.75) is 6.54 Å². The van der Waals surface area contributed by atoms with Crippen LogP contribution in [0.1, 0.15) is 5.89 Å². The Hall–Kier alpha value is -2.25. The Morgan fingerprint density at radius 3 is 3.00 bits per heavy atom. The molecule has 4 aromatic heterocycles. The first-order valence-electron chi connectivity index (χ1n) is 6.22. The molecule has 21 heavy (non-hydrogen) atoms. The Morgan fingerprint density at radius 1 is 1.19 bits per heavy atom. The first-order chi connectivity index (χ1) is 10.3. The molecule has 7 heteroatoms. The normalized spacial score (nSPS) is 11.2. The molecule has 0 unspecified atom stereocenters. The summed E-state index contributed by atoms with van der Waals surface area (Å²) in [7, 11) is 0. The van der Waals surface area contributed by atoms with Gasteiger partial charge in [-0.1, -0.05) is 6.07 Å². The third kappa shape index (κ3) is 2.20. The molecular weight excluding hydrogens is 306 g/mol. The van der Waals surface area contributed by atoms with Crippen molar-refractivity contribution in [2.24, 2.45) is 0 Å². The number of nitrogens with zero attached hydrogens (tertiary/aromatic N) is 3. The highest BCUT2D eigenvalue weighted by atomic mass is 32.1. The fraction of sp³-hybridized carbons (Fsp3) is 0.0714. The summed E-state index contributed by atoms with van der Waals surface area (Å²) >= 11 is 2.99. The third-order valence-electron chi connectivity index (χ3n) is 3.06. The van der Waals surface area contributed by atoms with Crippen molar-refractivity contribution in [1.29, 1.82) is 0 Å². The molecule has 0 aliphatic carbocycles. The second-order valence-electron chi connectivity index (χ2n) is 4.41. The molecule has 104 valence electrons. The van der Waals surface area contributed by atoms with Crippen LogP contribution in [0, 0.1) is 0 Å². The van der Waals surface area contributed by atoms with Crippen LogP contribution in [0.2, 0.25) is 0 Å². The van der Waals surface area contributed by atoms with Crippen molar-refractivity contribution >= 4 is 32.9 Å². The molecular formula is C14H9N3O2S2. The molecule has 0 N–H and O–H groups in total. The zero-order chi connectivity index (χ0) is 14.2. The average molecular weight is 315 g/mol. The van der Waals surface area contributed by atoms with E-state index in [0.717, 1.165) is 16.2 Å². The lowest BCUT2D eigenvalue weighted by Crippen LogP contribution is -2.20. The molecule has 0 spiro atoms. The maximum Gasteiger partial charge on any atom is 0.271 e. The average Bonchev–Trinajstić information content (AvgIpc) is 3.21. The van der Waals surface area contributed by atoms with Crippen LogP contribution in [0.4, 0.5) is 0 Å². The minimum atomic E-state index is -0.0640. The molecule has 0 amide bonds. The monoisotopic (exact) mass is 315 g/mol. The van der Waals surface area contributed by atoms with Crippen LogP contribution in [0.25, 0.3) is 20.9 Å². The smallest absolute Gasteiger partial charge is 0.271 e. The van der Waals surface area contributed by atoms with Crippen molar-refractivity contribution in [3.05, 3.63) is 57.7 Å². The number of hydrogen-bond donors (Lipinski definition) is 0. The van der Waals surface area contributed by atoms with Gasteiger partial charge in [0.05, 0.1) is 22.9 Å². The number of rotatable bonds is 3. The molecule has 0 bridgehead atoms. The van der Waals surface area contributed by atoms with Crippen molar-refractivity contribution in [3.8, 4) is 10.6 Å². The molecule has 5 nitrogen and oxygen atoms in total. The predicted molar refractivity (Wildman–Crippen MR) is 82.8 cm³/mol. The van der Waals surface area contributed by atoms with Gasteiger partial charge >= 0.3 is 0 Å². The molecule has 0 radical (unpaired) electrons. The van der Waals surface area contributed by atoms with E-state index in [9.17, 15) is 4.79 Å². The van der Waals surface area contributed by atoms with Crippen molar-refractivity contribution < 1.29 is 4.42 Å². The fourth-order valence-electron chi connectivity index (χ4n) is 2.05. The third-order valence-corrected chi connectivity index (χ3v) is 4.83. The van der Waals surface area contributed by atoms with Crippen LogP contribution >= 0.6 is 22.7 Å². The number of aromatic nitrogens is 3. The Kier molecular flexibility index (Phi) is 2.94. The van der Waals surface area contributed by atoms with Gasteiger partial charge in [-0.3, -0.25) is 9.36 Å². The first kappa shape index (κ1) is 12.5. The van der Waals surface area contributed by atoms with E-state index in [4.69, 9.17) is 4.42 Å². The van der Waals surface area contributed by atoms with Gasteiger partial charge in [-0.25, -0.2) is 9.97 Å². The fourth-order valence-corrected chi connectivity index (χ4v) is 3.52. The zero-order valence-electron chi connectivity index (χ0n) is 10.7. The summed E-state index contributed by atoms with van der Waals surface area (Å²) in [4.78, 5) is 21.8. The van der Waals surface area contributed by atoms with E-state index >= 15 is 0 Å². The van der Waals surface area contributed by atoms with Crippen molar-refractivity contribution in [2.75, 3.05) is 0 Å². The lowest BCUT2D eigenvalue weighted by Gasteiger charge is -2.01. The number of fused-ring (bicyclic) bond motifs is 1. The summed E-state index contributed by atoms with van der Waals surface area (Å²) < 4.78 is 7.87. The second-order valence-corrected chi connectivity index (χ2v) is 6.27. The standard InChI is InChI=1S/C14H9N3O2S2/c18-14-13-9(3-5-21-13)16-8-17(14)7-12-15-6-10(19-12)11-2-1-4-20-11/h1-6,8H,7H2. The highest BCUT2D eigenvalue weighted by Gasteiger charge is 2.10. The first-order valence-corrected chi connectivity index (χ1v) is 7.98. The molecule has 4 rings (SSSR count). The van der Waals surface area contributed by atoms with Gasteiger partial charge in [-0.05, 0) is 22.9 Å². The van der Waals surface area contributed by atoms with E-state index in [1.54, 1.807) is 17.5 Å². The van der Waals surface area contributed by atoms with Crippen LogP contribution < -0.4 is 5.56 Å². The van der Waals surface area contributed by atoms with Crippen molar-refractivity contribution in [3.63, 3.8) is 0 Å². The SMILES string of the molecule is O=c1c2sccc2ncn1Cc1ncc(-c2cccs2)o1. The summed E-state index contributed by atoms with van der Waals surface area (Å²) in [5, 5.41) is 3.85. The van der Waals surface area contributed by atoms with E-state index in [1.807, 2.05) is 29.0 Å². The van der Waals surface area contributed by atoms with Gasteiger partial charge in [-0.15, -0.1) is 22.7 Å². The van der Waals surface area contributed by atoms with Gasteiger partial charge in [0.2, 0.25) is 5.89 Å². The van der Waals surface area contributed by atoms with Gasteiger partial charge in [-0.2, -0.15) is 0 Å². The largest absolute Gasteiger partial charge is 0.438 e. The lowest BCUT2D eigenvalue weighted by molar-refractivity contribution is 0.485. The van der Waals surface area contributed by atoms with E-state index in [-0.39, 0.29) is 12.1 Å². The number of oxazole rings is 1. The number of hydrogen-bond acceptors (Lipinski definition) is 6. The molecule has 0 saturated heterocycles. The quantitative estimate of drug-likeness (QED) is 0.582. The van der Waals surface area contributed by atoms with Gasteiger partial charge in [0.1, 0.15) is 11.2 Å². The maximum absolute atomic E-state index is 12.3. The highest BCUT2D eigenvalue weighted by Crippen LogP contribution is 2.25. The molecule has 0 aromatic carbocycles. The zero-order valence-corrected chi connectivity index (χ0v) is 12.4. The summed E-state index contributed by atoms with van der Waals surface area (Å²) in [6, 6.07) is 5.77. The lowest BCUT2D eigenvalue weighted by atomic mass is 10.4. The highest BCUT2D eigenvalue weighted by molar-refractivity contribution is 7.17. The van der Waals surface area contributed by atoms with Crippen molar-refractivity contribution in [1.82, 2.24) is 14.5 Å². The predicted octanol–water partition coefficient (Wildman–Crippen LogP) is 3.22. The van der Waals surface area contributed by atoms with Gasteiger partial charge in [0.25, 0.3) is 5.56 Å². The Morgan fingerprint density at radius 2 is 2.14 bits per heavy atom. The van der Waals surface area contributed by atoms with E-state index < -0.39 is 0 Å². The molecule has 4 aromatic rings. The molecule has 4 heterocycles. The summed E-state index contributed by atoms with van der Waals surface area (Å²) in [5.74, 6) is 1.22. The molecule has 0 atom stereocenters. The minimum absolute atomic E-state index is 0.0640. The molecule has 0 aliphatic heterocycles. The second kappa shape index (κ2) is 4.94. The molecule has 0 aliphatic rings. The minimum Gasteiger partial charge on any atom is -0.438 e. The topological polar surface area (TPSA) is 60.9 Å². The van der Waals surface area contributed by atoms with Crippen LogP contribution in [0.5, 0.6) is 0 Å². The molecule has 0 saturated carbocycles. The van der Waals surface area contributed by atoms with Crippen LogP contribution in [-0.2, 0) is 6.54 Å². The Balaban J connectivity index is 1.68. The van der Waals surface area contributed by atoms with Crippen LogP contribution in [0.15, 0.2) is 50.7 Å². The Bertz CT molecular complexity index is 950. The van der Waals surface area contributed by atoms with E-state index in [1.165, 1.54) is 22.2 Å². The van der Waals surface area contributed by atoms with Gasteiger partial charge in [0, 0.05) is 0 Å². The van der Waals surface area contributed by atoms with E-state index in [0.29, 0.717) is 10.6 Å². The summed E-state index contributed by atoms with van der Waals surface area (Å²) in [5.41, 5.74) is 0.666. The number of thiophene rings is 2. The van der Waals surface area contributed by atoms with E-state index in [2.05, 4.69) is 9.97 Å².